The number of carbonyl (C=O) groups is 2. The molecule has 0 fully saturated rings. The van der Waals surface area contributed by atoms with E-state index < -0.39 is 11.9 Å². The van der Waals surface area contributed by atoms with E-state index in [1.807, 2.05) is 32.1 Å². The summed E-state index contributed by atoms with van der Waals surface area (Å²) in [6.07, 6.45) is 15.2. The Morgan fingerprint density at radius 1 is 1.15 bits per heavy atom. The summed E-state index contributed by atoms with van der Waals surface area (Å²) in [4.78, 5) is 23.8. The Bertz CT molecular complexity index is 1080. The number of benzene rings is 1. The van der Waals surface area contributed by atoms with Gasteiger partial charge in [0.15, 0.2) is 0 Å². The van der Waals surface area contributed by atoms with Gasteiger partial charge in [0.1, 0.15) is 5.75 Å². The van der Waals surface area contributed by atoms with Crippen LogP contribution in [0.3, 0.4) is 0 Å². The van der Waals surface area contributed by atoms with E-state index in [4.69, 9.17) is 0 Å². The van der Waals surface area contributed by atoms with Gasteiger partial charge in [0.25, 0.3) is 0 Å². The first-order valence-electron chi connectivity index (χ1n) is 11.7. The number of carboxylic acids is 1. The van der Waals surface area contributed by atoms with Crippen molar-refractivity contribution in [1.82, 2.24) is 0 Å². The van der Waals surface area contributed by atoms with Crippen molar-refractivity contribution in [2.75, 3.05) is 5.32 Å². The smallest absolute Gasteiger partial charge is 0.310 e. The van der Waals surface area contributed by atoms with Gasteiger partial charge >= 0.3 is 5.97 Å². The predicted octanol–water partition coefficient (Wildman–Crippen LogP) is 7.05. The second-order valence-electron chi connectivity index (χ2n) is 9.74. The average molecular weight is 464 g/mol. The monoisotopic (exact) mass is 463 g/mol. The van der Waals surface area contributed by atoms with Crippen molar-refractivity contribution in [3.8, 4) is 5.75 Å². The number of anilines is 1. The highest BCUT2D eigenvalue weighted by Crippen LogP contribution is 2.40. The Kier molecular flexibility index (Phi) is 9.25. The Labute approximate surface area is 203 Å². The fourth-order valence-corrected chi connectivity index (χ4v) is 4.21. The van der Waals surface area contributed by atoms with Gasteiger partial charge in [-0.15, -0.1) is 0 Å². The van der Waals surface area contributed by atoms with Crippen LogP contribution in [0.1, 0.15) is 72.3 Å². The van der Waals surface area contributed by atoms with E-state index >= 15 is 0 Å². The maximum Gasteiger partial charge on any atom is 0.310 e. The number of aromatic hydroxyl groups is 1. The lowest BCUT2D eigenvalue weighted by atomic mass is 9.72. The molecule has 1 amide bonds. The van der Waals surface area contributed by atoms with Gasteiger partial charge in [-0.3, -0.25) is 9.59 Å². The van der Waals surface area contributed by atoms with Crippen LogP contribution >= 0.6 is 0 Å². The van der Waals surface area contributed by atoms with E-state index in [9.17, 15) is 19.8 Å². The zero-order valence-electron chi connectivity index (χ0n) is 21.1. The highest BCUT2D eigenvalue weighted by Gasteiger charge is 2.26. The summed E-state index contributed by atoms with van der Waals surface area (Å²) in [6.45, 7) is 12.2. The normalized spacial score (nSPS) is 17.9. The molecule has 3 N–H and O–H groups in total. The standard InChI is InChI=1S/C29H37NO4/c1-19(12-14-25-21(3)11-8-16-29(25,5)6)9-7-10-20(2)17-27(32)30-26-15-13-23(31)18-24(26)22(4)28(33)34/h7,9-10,12-15,17-18,22,31H,8,11,16H2,1-6H3,(H,30,32)(H,33,34)/b10-7+,14-12+,19-9+,20-17+. The summed E-state index contributed by atoms with van der Waals surface area (Å²) < 4.78 is 0. The average Bonchev–Trinajstić information content (AvgIpc) is 2.73. The SMILES string of the molecule is CC1=C(/C=C/C(C)=C/C=C/C(C)=C/C(=O)Nc2ccc(O)cc2C(C)C(=O)O)C(C)(C)CCC1. The molecule has 182 valence electrons. The lowest BCUT2D eigenvalue weighted by Crippen LogP contribution is -2.19. The lowest BCUT2D eigenvalue weighted by Gasteiger charge is -2.32. The minimum Gasteiger partial charge on any atom is -0.508 e. The Hall–Kier alpha value is -3.34. The van der Waals surface area contributed by atoms with Crippen LogP contribution in [-0.4, -0.2) is 22.1 Å². The van der Waals surface area contributed by atoms with Crippen LogP contribution in [0.2, 0.25) is 0 Å². The fraction of sp³-hybridized carbons (Fsp3) is 0.379. The van der Waals surface area contributed by atoms with Crippen LogP contribution in [0.5, 0.6) is 5.75 Å². The minimum absolute atomic E-state index is 0.0505. The molecule has 0 bridgehead atoms. The molecule has 2 rings (SSSR count). The molecule has 5 heteroatoms. The lowest BCUT2D eigenvalue weighted by molar-refractivity contribution is -0.138. The molecular weight excluding hydrogens is 426 g/mol. The van der Waals surface area contributed by atoms with Gasteiger partial charge < -0.3 is 15.5 Å². The Morgan fingerprint density at radius 2 is 1.85 bits per heavy atom. The third kappa shape index (κ3) is 7.62. The second-order valence-corrected chi connectivity index (χ2v) is 9.74. The number of carboxylic acid groups (broad SMARTS) is 1. The summed E-state index contributed by atoms with van der Waals surface area (Å²) in [5.41, 5.74) is 5.68. The van der Waals surface area contributed by atoms with Gasteiger partial charge in [0.2, 0.25) is 5.91 Å². The van der Waals surface area contributed by atoms with Crippen LogP contribution in [-0.2, 0) is 9.59 Å². The molecular formula is C29H37NO4. The molecule has 0 saturated carbocycles. The number of aliphatic carboxylic acids is 1. The van der Waals surface area contributed by atoms with Crippen molar-refractivity contribution >= 4 is 17.6 Å². The van der Waals surface area contributed by atoms with E-state index in [1.54, 1.807) is 0 Å². The van der Waals surface area contributed by atoms with Crippen LogP contribution in [0.25, 0.3) is 0 Å². The van der Waals surface area contributed by atoms with Gasteiger partial charge in [0, 0.05) is 11.8 Å². The summed E-state index contributed by atoms with van der Waals surface area (Å²) >= 11 is 0. The van der Waals surface area contributed by atoms with E-state index in [0.29, 0.717) is 11.3 Å². The van der Waals surface area contributed by atoms with E-state index in [0.717, 1.165) is 11.1 Å². The van der Waals surface area contributed by atoms with E-state index in [2.05, 4.69) is 38.2 Å². The molecule has 34 heavy (non-hydrogen) atoms. The first-order chi connectivity index (χ1) is 15.9. The molecule has 0 spiro atoms. The topological polar surface area (TPSA) is 86.6 Å². The zero-order valence-corrected chi connectivity index (χ0v) is 21.1. The summed E-state index contributed by atoms with van der Waals surface area (Å²) in [5, 5.41) is 21.7. The molecule has 1 aromatic carbocycles. The summed E-state index contributed by atoms with van der Waals surface area (Å²) in [5.74, 6) is -2.32. The number of allylic oxidation sites excluding steroid dienone is 9. The summed E-state index contributed by atoms with van der Waals surface area (Å²) in [6, 6.07) is 4.28. The number of rotatable bonds is 8. The summed E-state index contributed by atoms with van der Waals surface area (Å²) in [7, 11) is 0. The first kappa shape index (κ1) is 26.9. The van der Waals surface area contributed by atoms with Crippen molar-refractivity contribution in [1.29, 1.82) is 0 Å². The van der Waals surface area contributed by atoms with Crippen LogP contribution in [0, 0.1) is 5.41 Å². The Morgan fingerprint density at radius 3 is 2.50 bits per heavy atom. The van der Waals surface area contributed by atoms with Crippen molar-refractivity contribution in [3.05, 3.63) is 82.5 Å². The quantitative estimate of drug-likeness (QED) is 0.219. The van der Waals surface area contributed by atoms with Gasteiger partial charge in [-0.2, -0.15) is 0 Å². The van der Waals surface area contributed by atoms with Crippen molar-refractivity contribution in [3.63, 3.8) is 0 Å². The van der Waals surface area contributed by atoms with E-state index in [-0.39, 0.29) is 17.1 Å². The molecule has 1 aliphatic rings. The van der Waals surface area contributed by atoms with E-state index in [1.165, 1.54) is 61.6 Å². The maximum atomic E-state index is 12.5. The minimum atomic E-state index is -1.04. The molecule has 1 unspecified atom stereocenters. The van der Waals surface area contributed by atoms with Gasteiger partial charge in [-0.25, -0.2) is 0 Å². The number of amides is 1. The number of phenols is 1. The first-order valence-corrected chi connectivity index (χ1v) is 11.7. The van der Waals surface area contributed by atoms with Crippen molar-refractivity contribution < 1.29 is 19.8 Å². The maximum absolute atomic E-state index is 12.5. The highest BCUT2D eigenvalue weighted by atomic mass is 16.4. The molecule has 1 aromatic rings. The van der Waals surface area contributed by atoms with Gasteiger partial charge in [-0.05, 0) is 87.3 Å². The molecule has 0 radical (unpaired) electrons. The van der Waals surface area contributed by atoms with Gasteiger partial charge in [-0.1, -0.05) is 55.4 Å². The number of carbonyl (C=O) groups excluding carboxylic acids is 1. The van der Waals surface area contributed by atoms with Crippen molar-refractivity contribution in [2.45, 2.75) is 66.7 Å². The third-order valence-corrected chi connectivity index (χ3v) is 6.26. The largest absolute Gasteiger partial charge is 0.508 e. The molecule has 0 aliphatic heterocycles. The zero-order chi connectivity index (χ0) is 25.5. The van der Waals surface area contributed by atoms with Crippen LogP contribution < -0.4 is 5.32 Å². The number of hydrogen-bond acceptors (Lipinski definition) is 3. The third-order valence-electron chi connectivity index (χ3n) is 6.26. The fourth-order valence-electron chi connectivity index (χ4n) is 4.21. The number of nitrogens with one attached hydrogen (secondary N) is 1. The number of phenolic OH excluding ortho intramolecular Hbond substituents is 1. The van der Waals surface area contributed by atoms with Crippen LogP contribution in [0.15, 0.2) is 76.9 Å². The molecule has 5 nitrogen and oxygen atoms in total. The van der Waals surface area contributed by atoms with Gasteiger partial charge in [0.05, 0.1) is 5.92 Å². The Balaban J connectivity index is 2.06. The molecule has 1 atom stereocenters. The highest BCUT2D eigenvalue weighted by molar-refractivity contribution is 6.01. The number of hydrogen-bond donors (Lipinski definition) is 3. The molecule has 0 aromatic heterocycles. The van der Waals surface area contributed by atoms with Crippen LogP contribution in [0.4, 0.5) is 5.69 Å². The second kappa shape index (κ2) is 11.7. The predicted molar refractivity (Wildman–Crippen MR) is 139 cm³/mol. The van der Waals surface area contributed by atoms with Crippen molar-refractivity contribution in [2.24, 2.45) is 5.41 Å². The molecule has 0 heterocycles. The molecule has 0 saturated heterocycles. The molecule has 1 aliphatic carbocycles.